The zero-order chi connectivity index (χ0) is 11.3. The van der Waals surface area contributed by atoms with Gasteiger partial charge in [-0.1, -0.05) is 26.7 Å². The van der Waals surface area contributed by atoms with E-state index in [1.54, 1.807) is 0 Å². The van der Waals surface area contributed by atoms with E-state index in [1.807, 2.05) is 6.92 Å². The van der Waals surface area contributed by atoms with E-state index >= 15 is 0 Å². The Morgan fingerprint density at radius 3 is 2.40 bits per heavy atom. The van der Waals surface area contributed by atoms with Gasteiger partial charge in [0.25, 0.3) is 0 Å². The molecule has 0 heterocycles. The molecule has 0 aromatic heterocycles. The molecule has 15 heavy (non-hydrogen) atoms. The third kappa shape index (κ3) is 2.72. The Bertz CT molecular complexity index is 223. The lowest BCUT2D eigenvalue weighted by molar-refractivity contribution is 0.0226. The molecule has 1 fully saturated rings. The van der Waals surface area contributed by atoms with Crippen LogP contribution < -0.4 is 0 Å². The maximum atomic E-state index is 9.93. The molecule has 0 aliphatic heterocycles. The first kappa shape index (κ1) is 12.5. The molecular weight excluding hydrogens is 186 g/mol. The van der Waals surface area contributed by atoms with Crippen LogP contribution in [-0.4, -0.2) is 11.2 Å². The second kappa shape index (κ2) is 5.51. The maximum absolute atomic E-state index is 9.93. The van der Waals surface area contributed by atoms with Crippen LogP contribution >= 0.6 is 0 Å². The predicted molar refractivity (Wildman–Crippen MR) is 61.2 cm³/mol. The van der Waals surface area contributed by atoms with Crippen molar-refractivity contribution in [1.29, 1.82) is 5.26 Å². The molecule has 2 heteroatoms. The van der Waals surface area contributed by atoms with Crippen LogP contribution in [0, 0.1) is 22.7 Å². The summed E-state index contributed by atoms with van der Waals surface area (Å²) >= 11 is 0. The number of nitrogens with zero attached hydrogens (tertiary/aromatic N) is 1. The lowest BCUT2D eigenvalue weighted by Gasteiger charge is -2.38. The van der Waals surface area contributed by atoms with Crippen LogP contribution in [-0.2, 0) is 0 Å². The van der Waals surface area contributed by atoms with Gasteiger partial charge in [-0.05, 0) is 38.0 Å². The molecule has 1 aliphatic rings. The standard InChI is InChI=1S/C13H23NO/c1-3-5-11-6-8-13(10-14,9-7-11)12(15)4-2/h11-12,15H,3-9H2,1-2H3. The van der Waals surface area contributed by atoms with Crippen molar-refractivity contribution in [1.82, 2.24) is 0 Å². The van der Waals surface area contributed by atoms with Gasteiger partial charge in [0.2, 0.25) is 0 Å². The van der Waals surface area contributed by atoms with Gasteiger partial charge < -0.3 is 5.11 Å². The average Bonchev–Trinajstić information content (AvgIpc) is 2.30. The Labute approximate surface area is 93.3 Å². The van der Waals surface area contributed by atoms with Gasteiger partial charge in [0.05, 0.1) is 17.6 Å². The molecular formula is C13H23NO. The zero-order valence-electron chi connectivity index (χ0n) is 10.00. The second-order valence-corrected chi connectivity index (χ2v) is 4.92. The number of aliphatic hydroxyl groups excluding tert-OH is 1. The molecule has 0 spiro atoms. The van der Waals surface area contributed by atoms with Gasteiger partial charge in [-0.2, -0.15) is 5.26 Å². The molecule has 0 aromatic rings. The van der Waals surface area contributed by atoms with Gasteiger partial charge in [0.15, 0.2) is 0 Å². The van der Waals surface area contributed by atoms with E-state index < -0.39 is 11.5 Å². The third-order valence-corrected chi connectivity index (χ3v) is 3.94. The first-order chi connectivity index (χ1) is 7.18. The summed E-state index contributed by atoms with van der Waals surface area (Å²) in [7, 11) is 0. The molecule has 1 unspecified atom stereocenters. The summed E-state index contributed by atoms with van der Waals surface area (Å²) in [4.78, 5) is 0. The van der Waals surface area contributed by atoms with Crippen molar-refractivity contribution >= 4 is 0 Å². The minimum atomic E-state index is -0.432. The summed E-state index contributed by atoms with van der Waals surface area (Å²) in [5, 5.41) is 19.2. The van der Waals surface area contributed by atoms with E-state index in [-0.39, 0.29) is 0 Å². The maximum Gasteiger partial charge on any atom is 0.0832 e. The largest absolute Gasteiger partial charge is 0.391 e. The smallest absolute Gasteiger partial charge is 0.0832 e. The molecule has 0 amide bonds. The van der Waals surface area contributed by atoms with E-state index in [2.05, 4.69) is 13.0 Å². The fraction of sp³-hybridized carbons (Fsp3) is 0.923. The highest BCUT2D eigenvalue weighted by Gasteiger charge is 2.40. The van der Waals surface area contributed by atoms with Crippen LogP contribution in [0.2, 0.25) is 0 Å². The molecule has 86 valence electrons. The summed E-state index contributed by atoms with van der Waals surface area (Å²) in [5.74, 6) is 0.792. The SMILES string of the molecule is CCCC1CCC(C#N)(C(O)CC)CC1. The zero-order valence-corrected chi connectivity index (χ0v) is 10.00. The highest BCUT2D eigenvalue weighted by Crippen LogP contribution is 2.43. The Morgan fingerprint density at radius 1 is 1.40 bits per heavy atom. The van der Waals surface area contributed by atoms with Crippen LogP contribution in [0.1, 0.15) is 58.8 Å². The number of rotatable bonds is 4. The Hall–Kier alpha value is -0.550. The fourth-order valence-electron chi connectivity index (χ4n) is 2.80. The summed E-state index contributed by atoms with van der Waals surface area (Å²) in [6.07, 6.45) is 6.82. The van der Waals surface area contributed by atoms with Crippen molar-refractivity contribution in [2.75, 3.05) is 0 Å². The van der Waals surface area contributed by atoms with Gasteiger partial charge in [-0.15, -0.1) is 0 Å². The van der Waals surface area contributed by atoms with Crippen LogP contribution in [0.5, 0.6) is 0 Å². The van der Waals surface area contributed by atoms with Gasteiger partial charge in [0, 0.05) is 0 Å². The van der Waals surface area contributed by atoms with E-state index in [4.69, 9.17) is 0 Å². The van der Waals surface area contributed by atoms with E-state index in [0.717, 1.165) is 31.6 Å². The quantitative estimate of drug-likeness (QED) is 0.772. The fourth-order valence-corrected chi connectivity index (χ4v) is 2.80. The monoisotopic (exact) mass is 209 g/mol. The lowest BCUT2D eigenvalue weighted by atomic mass is 9.67. The van der Waals surface area contributed by atoms with Crippen molar-refractivity contribution in [3.8, 4) is 6.07 Å². The Balaban J connectivity index is 2.55. The molecule has 0 aromatic carbocycles. The van der Waals surface area contributed by atoms with Crippen molar-refractivity contribution < 1.29 is 5.11 Å². The molecule has 0 radical (unpaired) electrons. The number of hydrogen-bond acceptors (Lipinski definition) is 2. The average molecular weight is 209 g/mol. The number of aliphatic hydroxyl groups is 1. The molecule has 1 aliphatic carbocycles. The molecule has 0 bridgehead atoms. The normalized spacial score (nSPS) is 33.3. The number of hydrogen-bond donors (Lipinski definition) is 1. The van der Waals surface area contributed by atoms with Crippen molar-refractivity contribution in [2.45, 2.75) is 64.9 Å². The van der Waals surface area contributed by atoms with E-state index in [1.165, 1.54) is 12.8 Å². The second-order valence-electron chi connectivity index (χ2n) is 4.92. The van der Waals surface area contributed by atoms with Crippen LogP contribution in [0.4, 0.5) is 0 Å². The predicted octanol–water partition coefficient (Wildman–Crippen LogP) is 3.26. The minimum absolute atomic E-state index is 0.426. The van der Waals surface area contributed by atoms with Gasteiger partial charge in [0.1, 0.15) is 0 Å². The highest BCUT2D eigenvalue weighted by molar-refractivity contribution is 5.05. The van der Waals surface area contributed by atoms with Gasteiger partial charge >= 0.3 is 0 Å². The number of nitriles is 1. The highest BCUT2D eigenvalue weighted by atomic mass is 16.3. The Kier molecular flexibility index (Phi) is 4.60. The minimum Gasteiger partial charge on any atom is -0.391 e. The molecule has 1 rings (SSSR count). The molecule has 1 saturated carbocycles. The first-order valence-electron chi connectivity index (χ1n) is 6.27. The summed E-state index contributed by atoms with van der Waals surface area (Å²) in [5.41, 5.74) is -0.432. The topological polar surface area (TPSA) is 44.0 Å². The van der Waals surface area contributed by atoms with E-state index in [9.17, 15) is 10.4 Å². The van der Waals surface area contributed by atoms with Crippen LogP contribution in [0.25, 0.3) is 0 Å². The van der Waals surface area contributed by atoms with Crippen LogP contribution in [0.15, 0.2) is 0 Å². The molecule has 0 saturated heterocycles. The lowest BCUT2D eigenvalue weighted by Crippen LogP contribution is -2.37. The van der Waals surface area contributed by atoms with Gasteiger partial charge in [-0.25, -0.2) is 0 Å². The molecule has 1 N–H and O–H groups in total. The van der Waals surface area contributed by atoms with Gasteiger partial charge in [-0.3, -0.25) is 0 Å². The van der Waals surface area contributed by atoms with Crippen molar-refractivity contribution in [2.24, 2.45) is 11.3 Å². The Morgan fingerprint density at radius 2 is 2.00 bits per heavy atom. The van der Waals surface area contributed by atoms with E-state index in [0.29, 0.717) is 6.42 Å². The third-order valence-electron chi connectivity index (χ3n) is 3.94. The summed E-state index contributed by atoms with van der Waals surface area (Å²) in [6.45, 7) is 4.18. The van der Waals surface area contributed by atoms with Crippen molar-refractivity contribution in [3.63, 3.8) is 0 Å². The first-order valence-corrected chi connectivity index (χ1v) is 6.27. The summed E-state index contributed by atoms with van der Waals surface area (Å²) < 4.78 is 0. The van der Waals surface area contributed by atoms with Crippen molar-refractivity contribution in [3.05, 3.63) is 0 Å². The molecule has 2 nitrogen and oxygen atoms in total. The summed E-state index contributed by atoms with van der Waals surface area (Å²) in [6, 6.07) is 2.38. The van der Waals surface area contributed by atoms with Crippen LogP contribution in [0.3, 0.4) is 0 Å². The molecule has 1 atom stereocenters.